The summed E-state index contributed by atoms with van der Waals surface area (Å²) in [7, 11) is 3.30. The molecule has 0 unspecified atom stereocenters. The van der Waals surface area contributed by atoms with Crippen molar-refractivity contribution < 1.29 is 28.5 Å². The van der Waals surface area contributed by atoms with Crippen molar-refractivity contribution in [2.75, 3.05) is 24.0 Å². The van der Waals surface area contributed by atoms with E-state index in [1.807, 2.05) is 109 Å². The van der Waals surface area contributed by atoms with E-state index in [1.165, 1.54) is 0 Å². The standard InChI is InChI=1S/C54H42N4O6/c1-5-53(59)63-49-25-11-39(12-26-49)37-7-15-41(16-8-37)57(42-17-9-38(10-18-42)40-13-27-50(28-14-40)64-54(60)6-2)45-23-33-51(55-35-45)52-34-24-46(36-56-52)58(43-19-29-47(61-3)30-20-43)44-21-31-48(62-4)32-22-44/h5-36H,1-2H2,3-4H3. The van der Waals surface area contributed by atoms with Gasteiger partial charge in [0.15, 0.2) is 0 Å². The number of methoxy groups -OCH3 is 2. The maximum atomic E-state index is 11.7. The van der Waals surface area contributed by atoms with Gasteiger partial charge in [0.05, 0.1) is 49.4 Å². The number of ether oxygens (including phenoxy) is 4. The Labute approximate surface area is 371 Å². The van der Waals surface area contributed by atoms with Crippen LogP contribution in [0.4, 0.5) is 34.1 Å². The average molecular weight is 843 g/mol. The first-order valence-electron chi connectivity index (χ1n) is 20.2. The number of hydrogen-bond acceptors (Lipinski definition) is 10. The van der Waals surface area contributed by atoms with Crippen LogP contribution in [-0.4, -0.2) is 36.1 Å². The van der Waals surface area contributed by atoms with Gasteiger partial charge in [-0.2, -0.15) is 0 Å². The van der Waals surface area contributed by atoms with E-state index in [0.29, 0.717) is 17.2 Å². The minimum atomic E-state index is -0.510. The Morgan fingerprint density at radius 2 is 0.656 bits per heavy atom. The first-order chi connectivity index (χ1) is 31.3. The summed E-state index contributed by atoms with van der Waals surface area (Å²) in [5.74, 6) is 1.40. The van der Waals surface area contributed by atoms with Gasteiger partial charge in [0.25, 0.3) is 0 Å². The molecule has 10 nitrogen and oxygen atoms in total. The number of rotatable bonds is 15. The molecule has 6 aromatic carbocycles. The Morgan fingerprint density at radius 1 is 0.391 bits per heavy atom. The van der Waals surface area contributed by atoms with Gasteiger partial charge in [-0.3, -0.25) is 9.97 Å². The molecule has 0 aliphatic rings. The lowest BCUT2D eigenvalue weighted by molar-refractivity contribution is -0.129. The van der Waals surface area contributed by atoms with Crippen molar-refractivity contribution in [3.05, 3.63) is 208 Å². The van der Waals surface area contributed by atoms with E-state index in [-0.39, 0.29) is 0 Å². The lowest BCUT2D eigenvalue weighted by Gasteiger charge is -2.26. The first kappa shape index (κ1) is 42.0. The Balaban J connectivity index is 1.09. The number of anilines is 6. The maximum Gasteiger partial charge on any atom is 0.335 e. The number of hydrogen-bond donors (Lipinski definition) is 0. The summed E-state index contributed by atoms with van der Waals surface area (Å²) in [6.45, 7) is 6.92. The number of nitrogens with zero attached hydrogens (tertiary/aromatic N) is 4. The summed E-state index contributed by atoms with van der Waals surface area (Å²) in [6, 6.07) is 54.9. The van der Waals surface area contributed by atoms with Crippen LogP contribution in [0.3, 0.4) is 0 Å². The van der Waals surface area contributed by atoms with Crippen LogP contribution in [0.1, 0.15) is 0 Å². The van der Waals surface area contributed by atoms with Crippen molar-refractivity contribution in [2.45, 2.75) is 0 Å². The van der Waals surface area contributed by atoms with Crippen LogP contribution in [0, 0.1) is 0 Å². The largest absolute Gasteiger partial charge is 0.497 e. The molecule has 0 saturated carbocycles. The fraction of sp³-hybridized carbons (Fsp3) is 0.0370. The van der Waals surface area contributed by atoms with Crippen LogP contribution in [-0.2, 0) is 9.59 Å². The van der Waals surface area contributed by atoms with Gasteiger partial charge in [0, 0.05) is 34.9 Å². The summed E-state index contributed by atoms with van der Waals surface area (Å²) >= 11 is 0. The summed E-state index contributed by atoms with van der Waals surface area (Å²) in [6.07, 6.45) is 5.96. The minimum absolute atomic E-state index is 0.443. The smallest absolute Gasteiger partial charge is 0.335 e. The van der Waals surface area contributed by atoms with Crippen molar-refractivity contribution in [3.63, 3.8) is 0 Å². The van der Waals surface area contributed by atoms with E-state index >= 15 is 0 Å². The molecule has 0 N–H and O–H groups in total. The van der Waals surface area contributed by atoms with Gasteiger partial charge in [-0.1, -0.05) is 61.7 Å². The van der Waals surface area contributed by atoms with Gasteiger partial charge in [-0.15, -0.1) is 0 Å². The van der Waals surface area contributed by atoms with Gasteiger partial charge in [-0.25, -0.2) is 9.59 Å². The number of benzene rings is 6. The molecule has 8 rings (SSSR count). The van der Waals surface area contributed by atoms with Crippen LogP contribution in [0.25, 0.3) is 33.6 Å². The molecule has 0 bridgehead atoms. The van der Waals surface area contributed by atoms with Crippen LogP contribution in [0.5, 0.6) is 23.0 Å². The van der Waals surface area contributed by atoms with Crippen LogP contribution in [0.15, 0.2) is 208 Å². The highest BCUT2D eigenvalue weighted by Crippen LogP contribution is 2.39. The van der Waals surface area contributed by atoms with Crippen LogP contribution >= 0.6 is 0 Å². The third kappa shape index (κ3) is 9.57. The number of carbonyl (C=O) groups is 2. The highest BCUT2D eigenvalue weighted by atomic mass is 16.5. The molecule has 0 fully saturated rings. The summed E-state index contributed by atoms with van der Waals surface area (Å²) in [5.41, 5.74) is 10.8. The van der Waals surface area contributed by atoms with E-state index in [4.69, 9.17) is 28.9 Å². The Bertz CT molecular complexity index is 2710. The molecule has 2 heterocycles. The van der Waals surface area contributed by atoms with Gasteiger partial charge in [0.1, 0.15) is 23.0 Å². The Hall–Kier alpha value is -8.76. The monoisotopic (exact) mass is 842 g/mol. The molecule has 10 heteroatoms. The zero-order valence-corrected chi connectivity index (χ0v) is 35.1. The highest BCUT2D eigenvalue weighted by Gasteiger charge is 2.17. The summed E-state index contributed by atoms with van der Waals surface area (Å²) < 4.78 is 21.3. The summed E-state index contributed by atoms with van der Waals surface area (Å²) in [5, 5.41) is 0. The molecule has 0 aliphatic heterocycles. The predicted molar refractivity (Wildman–Crippen MR) is 252 cm³/mol. The number of esters is 2. The van der Waals surface area contributed by atoms with Gasteiger partial charge < -0.3 is 28.7 Å². The molecule has 0 aliphatic carbocycles. The first-order valence-corrected chi connectivity index (χ1v) is 20.2. The van der Waals surface area contributed by atoms with Crippen LogP contribution in [0.2, 0.25) is 0 Å². The van der Waals surface area contributed by atoms with Crippen molar-refractivity contribution >= 4 is 46.1 Å². The van der Waals surface area contributed by atoms with Gasteiger partial charge in [0.2, 0.25) is 0 Å². The lowest BCUT2D eigenvalue weighted by Crippen LogP contribution is -2.11. The topological polar surface area (TPSA) is 103 Å². The van der Waals surface area contributed by atoms with Gasteiger partial charge >= 0.3 is 11.9 Å². The second-order valence-corrected chi connectivity index (χ2v) is 14.3. The molecule has 8 aromatic rings. The predicted octanol–water partition coefficient (Wildman–Crippen LogP) is 12.6. The second-order valence-electron chi connectivity index (χ2n) is 14.3. The normalized spacial score (nSPS) is 10.6. The maximum absolute atomic E-state index is 11.7. The molecule has 0 spiro atoms. The van der Waals surface area contributed by atoms with Crippen molar-refractivity contribution in [1.82, 2.24) is 9.97 Å². The third-order valence-corrected chi connectivity index (χ3v) is 10.3. The third-order valence-electron chi connectivity index (χ3n) is 10.3. The molecular weight excluding hydrogens is 801 g/mol. The average Bonchev–Trinajstić information content (AvgIpc) is 3.36. The molecule has 0 amide bonds. The fourth-order valence-corrected chi connectivity index (χ4v) is 7.05. The molecule has 0 radical (unpaired) electrons. The number of pyridine rings is 2. The van der Waals surface area contributed by atoms with Crippen molar-refractivity contribution in [2.24, 2.45) is 0 Å². The molecule has 0 atom stereocenters. The quantitative estimate of drug-likeness (QED) is 0.0563. The highest BCUT2D eigenvalue weighted by molar-refractivity contribution is 5.85. The van der Waals surface area contributed by atoms with Crippen molar-refractivity contribution in [1.29, 1.82) is 0 Å². The molecule has 2 aromatic heterocycles. The zero-order valence-electron chi connectivity index (χ0n) is 35.1. The molecule has 0 saturated heterocycles. The lowest BCUT2D eigenvalue weighted by atomic mass is 10.0. The molecular formula is C54H42N4O6. The van der Waals surface area contributed by atoms with E-state index in [9.17, 15) is 9.59 Å². The Morgan fingerprint density at radius 3 is 0.922 bits per heavy atom. The van der Waals surface area contributed by atoms with Crippen molar-refractivity contribution in [3.8, 4) is 56.6 Å². The fourth-order valence-electron chi connectivity index (χ4n) is 7.05. The van der Waals surface area contributed by atoms with Gasteiger partial charge in [-0.05, 0) is 144 Å². The molecule has 314 valence electrons. The number of aromatic nitrogens is 2. The summed E-state index contributed by atoms with van der Waals surface area (Å²) in [4.78, 5) is 37.4. The minimum Gasteiger partial charge on any atom is -0.497 e. The van der Waals surface area contributed by atoms with E-state index in [1.54, 1.807) is 38.5 Å². The zero-order chi connectivity index (χ0) is 44.4. The SMILES string of the molecule is C=CC(=O)Oc1ccc(-c2ccc(N(c3ccc(-c4ccc(OC(=O)C=C)cc4)cc3)c3ccc(-c4ccc(N(c5ccc(OC)cc5)c5ccc(OC)cc5)cn4)nc3)cc2)cc1. The van der Waals surface area contributed by atoms with E-state index in [2.05, 4.69) is 71.5 Å². The van der Waals surface area contributed by atoms with E-state index in [0.717, 1.165) is 85.7 Å². The Kier molecular flexibility index (Phi) is 12.7. The second kappa shape index (κ2) is 19.3. The molecule has 64 heavy (non-hydrogen) atoms. The number of carbonyl (C=O) groups excluding carboxylic acids is 2. The van der Waals surface area contributed by atoms with E-state index < -0.39 is 11.9 Å². The van der Waals surface area contributed by atoms with Crippen LogP contribution < -0.4 is 28.7 Å².